The largest absolute Gasteiger partial charge is 0.299 e. The fourth-order valence-electron chi connectivity index (χ4n) is 2.61. The second-order valence-corrected chi connectivity index (χ2v) is 4.95. The van der Waals surface area contributed by atoms with Gasteiger partial charge in [0.1, 0.15) is 6.34 Å². The molecule has 0 aliphatic carbocycles. The van der Waals surface area contributed by atoms with Crippen molar-refractivity contribution in [3.05, 3.63) is 35.4 Å². The van der Waals surface area contributed by atoms with Crippen molar-refractivity contribution in [2.45, 2.75) is 25.8 Å². The van der Waals surface area contributed by atoms with Crippen LogP contribution in [0.1, 0.15) is 30.4 Å². The van der Waals surface area contributed by atoms with E-state index < -0.39 is 0 Å². The Hall–Kier alpha value is -1.88. The van der Waals surface area contributed by atoms with Gasteiger partial charge in [-0.1, -0.05) is 30.7 Å². The molecule has 19 heavy (non-hydrogen) atoms. The summed E-state index contributed by atoms with van der Waals surface area (Å²) in [5, 5.41) is 8.23. The Morgan fingerprint density at radius 3 is 2.74 bits per heavy atom. The Balaban J connectivity index is 1.78. The second-order valence-electron chi connectivity index (χ2n) is 4.95. The summed E-state index contributed by atoms with van der Waals surface area (Å²) in [5.74, 6) is 0.787. The van der Waals surface area contributed by atoms with Crippen molar-refractivity contribution in [1.82, 2.24) is 15.8 Å². The minimum Gasteiger partial charge on any atom is -0.299 e. The molecule has 3 rings (SSSR count). The topological polar surface area (TPSA) is 52.0 Å². The smallest absolute Gasteiger partial charge is 0.174 e. The summed E-state index contributed by atoms with van der Waals surface area (Å²) in [6, 6.07) is 8.39. The average Bonchev–Trinajstić information content (AvgIpc) is 2.50. The molecule has 0 radical (unpaired) electrons. The van der Waals surface area contributed by atoms with Gasteiger partial charge in [0.25, 0.3) is 0 Å². The summed E-state index contributed by atoms with van der Waals surface area (Å²) in [6.45, 7) is 3.38. The first kappa shape index (κ1) is 12.2. The molecule has 100 valence electrons. The van der Waals surface area contributed by atoms with Crippen LogP contribution in [0, 0.1) is 0 Å². The van der Waals surface area contributed by atoms with E-state index in [4.69, 9.17) is 0 Å². The molecule has 2 aliphatic rings. The van der Waals surface area contributed by atoms with Crippen LogP contribution in [0.4, 0.5) is 0 Å². The molecule has 0 aromatic heterocycles. The van der Waals surface area contributed by atoms with Crippen LogP contribution >= 0.6 is 0 Å². The fourth-order valence-corrected chi connectivity index (χ4v) is 2.61. The van der Waals surface area contributed by atoms with Gasteiger partial charge in [0.15, 0.2) is 5.84 Å². The molecule has 0 spiro atoms. The van der Waals surface area contributed by atoms with Crippen LogP contribution in [-0.4, -0.2) is 30.2 Å². The standard InChI is InChI=1S/C14H19N5/c1-4-8-19(9-5-1)10-12-6-2-3-7-13(12)14-17-15-11-16-18-14/h2-3,6-7,11H,1,4-5,8-10H2,(H,15,16)(H,17,18). The summed E-state index contributed by atoms with van der Waals surface area (Å²) in [7, 11) is 0. The second kappa shape index (κ2) is 5.84. The van der Waals surface area contributed by atoms with Crippen LogP contribution in [0.3, 0.4) is 0 Å². The maximum Gasteiger partial charge on any atom is 0.174 e. The minimum absolute atomic E-state index is 0.787. The molecule has 0 atom stereocenters. The molecule has 2 aliphatic heterocycles. The lowest BCUT2D eigenvalue weighted by Gasteiger charge is -2.27. The van der Waals surface area contributed by atoms with Gasteiger partial charge in [-0.25, -0.2) is 0 Å². The van der Waals surface area contributed by atoms with Gasteiger partial charge in [0, 0.05) is 12.1 Å². The molecule has 2 N–H and O–H groups in total. The number of amidine groups is 1. The first-order valence-electron chi connectivity index (χ1n) is 6.85. The highest BCUT2D eigenvalue weighted by atomic mass is 15.5. The Kier molecular flexibility index (Phi) is 3.74. The number of hydrogen-bond acceptors (Lipinski definition) is 5. The highest BCUT2D eigenvalue weighted by Gasteiger charge is 2.15. The maximum atomic E-state index is 4.24. The van der Waals surface area contributed by atoms with Gasteiger partial charge in [-0.15, -0.1) is 0 Å². The molecule has 1 aromatic carbocycles. The maximum absolute atomic E-state index is 4.24. The lowest BCUT2D eigenvalue weighted by molar-refractivity contribution is 0.221. The number of rotatable bonds is 3. The molecule has 0 unspecified atom stereocenters. The minimum atomic E-state index is 0.787. The number of nitrogens with zero attached hydrogens (tertiary/aromatic N) is 3. The van der Waals surface area contributed by atoms with Crippen LogP contribution in [0.15, 0.2) is 34.5 Å². The Labute approximate surface area is 113 Å². The third-order valence-electron chi connectivity index (χ3n) is 3.58. The van der Waals surface area contributed by atoms with Gasteiger partial charge in [0.2, 0.25) is 0 Å². The Morgan fingerprint density at radius 1 is 1.11 bits per heavy atom. The van der Waals surface area contributed by atoms with Crippen molar-refractivity contribution in [3.63, 3.8) is 0 Å². The number of likely N-dealkylation sites (tertiary alicyclic amines) is 1. The van der Waals surface area contributed by atoms with Crippen molar-refractivity contribution >= 4 is 12.2 Å². The first-order valence-corrected chi connectivity index (χ1v) is 6.85. The molecule has 0 bridgehead atoms. The zero-order chi connectivity index (χ0) is 12.9. The van der Waals surface area contributed by atoms with E-state index in [1.54, 1.807) is 0 Å². The van der Waals surface area contributed by atoms with E-state index in [0.717, 1.165) is 17.9 Å². The van der Waals surface area contributed by atoms with E-state index in [2.05, 4.69) is 44.2 Å². The molecule has 5 heteroatoms. The third-order valence-corrected chi connectivity index (χ3v) is 3.58. The SMILES string of the molecule is C1=NNC(c2ccccc2CN2CCCCC2)=NN1. The first-order chi connectivity index (χ1) is 9.43. The van der Waals surface area contributed by atoms with Crippen molar-refractivity contribution in [2.24, 2.45) is 10.2 Å². The van der Waals surface area contributed by atoms with E-state index in [0.29, 0.717) is 0 Å². The highest BCUT2D eigenvalue weighted by Crippen LogP contribution is 2.16. The van der Waals surface area contributed by atoms with Crippen LogP contribution < -0.4 is 10.9 Å². The normalized spacial score (nSPS) is 19.5. The van der Waals surface area contributed by atoms with Crippen molar-refractivity contribution < 1.29 is 0 Å². The monoisotopic (exact) mass is 257 g/mol. The van der Waals surface area contributed by atoms with Gasteiger partial charge in [0.05, 0.1) is 0 Å². The van der Waals surface area contributed by atoms with E-state index in [1.807, 2.05) is 6.07 Å². The molecular weight excluding hydrogens is 238 g/mol. The van der Waals surface area contributed by atoms with Gasteiger partial charge in [-0.3, -0.25) is 15.8 Å². The summed E-state index contributed by atoms with van der Waals surface area (Å²) >= 11 is 0. The molecule has 1 aromatic rings. The van der Waals surface area contributed by atoms with Crippen molar-refractivity contribution in [1.29, 1.82) is 0 Å². The number of nitrogens with one attached hydrogen (secondary N) is 2. The molecular formula is C14H19N5. The highest BCUT2D eigenvalue weighted by molar-refractivity contribution is 6.01. The van der Waals surface area contributed by atoms with Crippen LogP contribution in [0.5, 0.6) is 0 Å². The Morgan fingerprint density at radius 2 is 1.95 bits per heavy atom. The zero-order valence-electron chi connectivity index (χ0n) is 11.0. The number of piperidine rings is 1. The van der Waals surface area contributed by atoms with Crippen molar-refractivity contribution in [2.75, 3.05) is 13.1 Å². The quantitative estimate of drug-likeness (QED) is 0.862. The van der Waals surface area contributed by atoms with E-state index in [1.165, 1.54) is 44.3 Å². The van der Waals surface area contributed by atoms with Crippen molar-refractivity contribution in [3.8, 4) is 0 Å². The summed E-state index contributed by atoms with van der Waals surface area (Å²) in [6.07, 6.45) is 5.53. The van der Waals surface area contributed by atoms with E-state index >= 15 is 0 Å². The fraction of sp³-hybridized carbons (Fsp3) is 0.429. The lowest BCUT2D eigenvalue weighted by Crippen LogP contribution is -2.32. The summed E-state index contributed by atoms with van der Waals surface area (Å²) < 4.78 is 0. The van der Waals surface area contributed by atoms with E-state index in [-0.39, 0.29) is 0 Å². The van der Waals surface area contributed by atoms with Gasteiger partial charge in [-0.05, 0) is 31.5 Å². The van der Waals surface area contributed by atoms with Crippen LogP contribution in [0.25, 0.3) is 0 Å². The summed E-state index contributed by atoms with van der Waals surface area (Å²) in [4.78, 5) is 2.52. The predicted octanol–water partition coefficient (Wildman–Crippen LogP) is 1.47. The van der Waals surface area contributed by atoms with Gasteiger partial charge >= 0.3 is 0 Å². The lowest BCUT2D eigenvalue weighted by atomic mass is 10.0. The van der Waals surface area contributed by atoms with Gasteiger partial charge < -0.3 is 0 Å². The molecule has 2 heterocycles. The number of hydrogen-bond donors (Lipinski definition) is 2. The number of hydrazone groups is 2. The predicted molar refractivity (Wildman–Crippen MR) is 76.9 cm³/mol. The Bertz CT molecular complexity index is 488. The molecule has 0 saturated carbocycles. The van der Waals surface area contributed by atoms with Crippen LogP contribution in [-0.2, 0) is 6.54 Å². The third kappa shape index (κ3) is 2.93. The molecule has 1 saturated heterocycles. The number of benzene rings is 1. The van der Waals surface area contributed by atoms with Gasteiger partial charge in [-0.2, -0.15) is 10.2 Å². The molecule has 5 nitrogen and oxygen atoms in total. The molecule has 1 fully saturated rings. The zero-order valence-corrected chi connectivity index (χ0v) is 11.0. The van der Waals surface area contributed by atoms with E-state index in [9.17, 15) is 0 Å². The average molecular weight is 257 g/mol. The van der Waals surface area contributed by atoms with Crippen LogP contribution in [0.2, 0.25) is 0 Å². The summed E-state index contributed by atoms with van der Waals surface area (Å²) in [5.41, 5.74) is 8.16. The molecule has 0 amide bonds.